The highest BCUT2D eigenvalue weighted by molar-refractivity contribution is 6.33. The monoisotopic (exact) mass is 298 g/mol. The molecule has 110 valence electrons. The van der Waals surface area contributed by atoms with Gasteiger partial charge in [0.25, 0.3) is 5.91 Å². The Bertz CT molecular complexity index is 499. The van der Waals surface area contributed by atoms with Crippen LogP contribution in [0.2, 0.25) is 5.02 Å². The SMILES string of the molecule is Cn1cc(Cl)c(C(=O)N[C@H]2COC[C@@H]2N2CCCC2)n1. The number of amides is 1. The number of halogens is 1. The molecule has 0 bridgehead atoms. The van der Waals surface area contributed by atoms with Gasteiger partial charge in [-0.25, -0.2) is 0 Å². The highest BCUT2D eigenvalue weighted by Crippen LogP contribution is 2.20. The number of aromatic nitrogens is 2. The molecule has 0 radical (unpaired) electrons. The summed E-state index contributed by atoms with van der Waals surface area (Å²) in [6.45, 7) is 3.41. The van der Waals surface area contributed by atoms with Crippen LogP contribution in [0.3, 0.4) is 0 Å². The standard InChI is InChI=1S/C13H19ClN4O2/c1-17-6-9(14)12(16-17)13(19)15-10-7-20-8-11(10)18-4-2-3-5-18/h6,10-11H,2-5,7-8H2,1H3,(H,15,19)/t10-,11-/m0/s1. The van der Waals surface area contributed by atoms with Crippen molar-refractivity contribution in [1.82, 2.24) is 20.0 Å². The molecule has 7 heteroatoms. The molecule has 1 amide bonds. The molecular formula is C13H19ClN4O2. The van der Waals surface area contributed by atoms with Crippen molar-refractivity contribution in [2.24, 2.45) is 7.05 Å². The molecule has 1 N–H and O–H groups in total. The van der Waals surface area contributed by atoms with E-state index in [1.807, 2.05) is 0 Å². The molecule has 1 aromatic rings. The van der Waals surface area contributed by atoms with Gasteiger partial charge in [0.05, 0.1) is 30.3 Å². The molecule has 0 unspecified atom stereocenters. The summed E-state index contributed by atoms with van der Waals surface area (Å²) in [5.41, 5.74) is 0.279. The number of aryl methyl sites for hydroxylation is 1. The quantitative estimate of drug-likeness (QED) is 0.891. The lowest BCUT2D eigenvalue weighted by Gasteiger charge is -2.27. The summed E-state index contributed by atoms with van der Waals surface area (Å²) >= 11 is 6.00. The van der Waals surface area contributed by atoms with E-state index in [0.29, 0.717) is 18.2 Å². The van der Waals surface area contributed by atoms with Gasteiger partial charge in [-0.15, -0.1) is 0 Å². The van der Waals surface area contributed by atoms with Gasteiger partial charge in [-0.05, 0) is 25.9 Å². The lowest BCUT2D eigenvalue weighted by Crippen LogP contribution is -2.50. The van der Waals surface area contributed by atoms with Crippen molar-refractivity contribution >= 4 is 17.5 Å². The Balaban J connectivity index is 1.67. The molecular weight excluding hydrogens is 280 g/mol. The molecule has 0 saturated carbocycles. The summed E-state index contributed by atoms with van der Waals surface area (Å²) < 4.78 is 7.08. The molecule has 0 aromatic carbocycles. The van der Waals surface area contributed by atoms with Crippen LogP contribution in [-0.2, 0) is 11.8 Å². The molecule has 2 aliphatic heterocycles. The van der Waals surface area contributed by atoms with E-state index >= 15 is 0 Å². The predicted octanol–water partition coefficient (Wildman–Crippen LogP) is 0.666. The van der Waals surface area contributed by atoms with E-state index in [2.05, 4.69) is 15.3 Å². The van der Waals surface area contributed by atoms with E-state index in [0.717, 1.165) is 13.1 Å². The Morgan fingerprint density at radius 1 is 1.45 bits per heavy atom. The van der Waals surface area contributed by atoms with Crippen LogP contribution in [0.25, 0.3) is 0 Å². The molecule has 6 nitrogen and oxygen atoms in total. The number of carbonyl (C=O) groups is 1. The van der Waals surface area contributed by atoms with E-state index in [1.54, 1.807) is 17.9 Å². The summed E-state index contributed by atoms with van der Waals surface area (Å²) in [6.07, 6.45) is 4.08. The lowest BCUT2D eigenvalue weighted by atomic mass is 10.1. The zero-order chi connectivity index (χ0) is 14.1. The van der Waals surface area contributed by atoms with Crippen LogP contribution in [0.15, 0.2) is 6.20 Å². The van der Waals surface area contributed by atoms with Crippen LogP contribution in [0.4, 0.5) is 0 Å². The lowest BCUT2D eigenvalue weighted by molar-refractivity contribution is 0.0911. The maximum absolute atomic E-state index is 12.2. The van der Waals surface area contributed by atoms with Crippen LogP contribution in [-0.4, -0.2) is 59.0 Å². The average Bonchev–Trinajstić information content (AvgIpc) is 3.09. The smallest absolute Gasteiger partial charge is 0.273 e. The van der Waals surface area contributed by atoms with Gasteiger partial charge in [0.15, 0.2) is 5.69 Å². The summed E-state index contributed by atoms with van der Waals surface area (Å²) in [4.78, 5) is 14.7. The number of rotatable bonds is 3. The van der Waals surface area contributed by atoms with Gasteiger partial charge in [0.2, 0.25) is 0 Å². The zero-order valence-electron chi connectivity index (χ0n) is 11.5. The first kappa shape index (κ1) is 13.9. The van der Waals surface area contributed by atoms with Crippen molar-refractivity contribution in [2.45, 2.75) is 24.9 Å². The maximum atomic E-state index is 12.2. The number of hydrogen-bond acceptors (Lipinski definition) is 4. The number of carbonyl (C=O) groups excluding carboxylic acids is 1. The highest BCUT2D eigenvalue weighted by atomic mass is 35.5. The van der Waals surface area contributed by atoms with Crippen LogP contribution >= 0.6 is 11.6 Å². The molecule has 3 rings (SSSR count). The predicted molar refractivity (Wildman–Crippen MR) is 74.9 cm³/mol. The number of nitrogens with zero attached hydrogens (tertiary/aromatic N) is 3. The molecule has 3 heterocycles. The summed E-state index contributed by atoms with van der Waals surface area (Å²) in [6, 6.07) is 0.280. The van der Waals surface area contributed by atoms with E-state index in [-0.39, 0.29) is 23.7 Å². The second-order valence-electron chi connectivity index (χ2n) is 5.43. The third kappa shape index (κ3) is 2.68. The minimum Gasteiger partial charge on any atom is -0.378 e. The number of ether oxygens (including phenoxy) is 1. The summed E-state index contributed by atoms with van der Waals surface area (Å²) in [5, 5.41) is 7.48. The number of likely N-dealkylation sites (tertiary alicyclic amines) is 1. The third-order valence-corrected chi connectivity index (χ3v) is 4.25. The minimum atomic E-state index is -0.227. The average molecular weight is 299 g/mol. The van der Waals surface area contributed by atoms with E-state index < -0.39 is 0 Å². The van der Waals surface area contributed by atoms with Crippen LogP contribution in [0.1, 0.15) is 23.3 Å². The fourth-order valence-corrected chi connectivity index (χ4v) is 3.23. The first-order chi connectivity index (χ1) is 9.65. The van der Waals surface area contributed by atoms with E-state index in [4.69, 9.17) is 16.3 Å². The van der Waals surface area contributed by atoms with Crippen molar-refractivity contribution in [2.75, 3.05) is 26.3 Å². The molecule has 0 spiro atoms. The van der Waals surface area contributed by atoms with E-state index in [9.17, 15) is 4.79 Å². The molecule has 2 fully saturated rings. The summed E-state index contributed by atoms with van der Waals surface area (Å²) in [5.74, 6) is -0.227. The van der Waals surface area contributed by atoms with E-state index in [1.165, 1.54) is 12.8 Å². The molecule has 2 saturated heterocycles. The Morgan fingerprint density at radius 3 is 2.85 bits per heavy atom. The second kappa shape index (κ2) is 5.71. The van der Waals surface area contributed by atoms with Gasteiger partial charge in [0, 0.05) is 13.2 Å². The fourth-order valence-electron chi connectivity index (χ4n) is 2.96. The maximum Gasteiger partial charge on any atom is 0.273 e. The van der Waals surface area contributed by atoms with Crippen molar-refractivity contribution in [3.63, 3.8) is 0 Å². The first-order valence-corrected chi connectivity index (χ1v) is 7.35. The Labute approximate surface area is 123 Å². The fraction of sp³-hybridized carbons (Fsp3) is 0.692. The van der Waals surface area contributed by atoms with Crippen LogP contribution in [0, 0.1) is 0 Å². The molecule has 1 aromatic heterocycles. The minimum absolute atomic E-state index is 0.0127. The molecule has 2 atom stereocenters. The first-order valence-electron chi connectivity index (χ1n) is 6.97. The van der Waals surface area contributed by atoms with Gasteiger partial charge < -0.3 is 10.1 Å². The van der Waals surface area contributed by atoms with Crippen LogP contribution in [0.5, 0.6) is 0 Å². The van der Waals surface area contributed by atoms with Crippen molar-refractivity contribution in [1.29, 1.82) is 0 Å². The second-order valence-corrected chi connectivity index (χ2v) is 5.83. The number of hydrogen-bond donors (Lipinski definition) is 1. The normalized spacial score (nSPS) is 27.1. The van der Waals surface area contributed by atoms with Gasteiger partial charge >= 0.3 is 0 Å². The van der Waals surface area contributed by atoms with Gasteiger partial charge in [-0.3, -0.25) is 14.4 Å². The Morgan fingerprint density at radius 2 is 2.20 bits per heavy atom. The van der Waals surface area contributed by atoms with Crippen molar-refractivity contribution in [3.05, 3.63) is 16.9 Å². The van der Waals surface area contributed by atoms with Gasteiger partial charge in [-0.2, -0.15) is 5.10 Å². The Hall–Kier alpha value is -1.11. The van der Waals surface area contributed by atoms with Crippen molar-refractivity contribution < 1.29 is 9.53 Å². The molecule has 2 aliphatic rings. The zero-order valence-corrected chi connectivity index (χ0v) is 12.3. The molecule has 0 aliphatic carbocycles. The highest BCUT2D eigenvalue weighted by Gasteiger charge is 2.35. The topological polar surface area (TPSA) is 59.4 Å². The summed E-state index contributed by atoms with van der Waals surface area (Å²) in [7, 11) is 1.74. The largest absolute Gasteiger partial charge is 0.378 e. The Kier molecular flexibility index (Phi) is 3.96. The van der Waals surface area contributed by atoms with Crippen molar-refractivity contribution in [3.8, 4) is 0 Å². The third-order valence-electron chi connectivity index (χ3n) is 3.98. The van der Waals surface area contributed by atoms with Gasteiger partial charge in [-0.1, -0.05) is 11.6 Å². The van der Waals surface area contributed by atoms with Gasteiger partial charge in [0.1, 0.15) is 0 Å². The number of nitrogens with one attached hydrogen (secondary N) is 1. The molecule has 20 heavy (non-hydrogen) atoms. The van der Waals surface area contributed by atoms with Crippen LogP contribution < -0.4 is 5.32 Å².